The zero-order valence-corrected chi connectivity index (χ0v) is 15.6. The Hall–Kier alpha value is -3.59. The van der Waals surface area contributed by atoms with E-state index in [1.807, 2.05) is 6.07 Å². The second kappa shape index (κ2) is 6.78. The van der Waals surface area contributed by atoms with Crippen molar-refractivity contribution >= 4 is 29.1 Å². The maximum Gasteiger partial charge on any atom is 0.263 e. The van der Waals surface area contributed by atoms with E-state index in [1.165, 1.54) is 5.01 Å². The highest BCUT2D eigenvalue weighted by atomic mass is 35.5. The summed E-state index contributed by atoms with van der Waals surface area (Å²) in [5, 5.41) is 13.9. The Morgan fingerprint density at radius 1 is 1.00 bits per heavy atom. The maximum absolute atomic E-state index is 12.9. The van der Waals surface area contributed by atoms with Crippen LogP contribution in [0.3, 0.4) is 0 Å². The van der Waals surface area contributed by atoms with Crippen LogP contribution in [0.25, 0.3) is 11.4 Å². The lowest BCUT2D eigenvalue weighted by atomic mass is 10.1. The van der Waals surface area contributed by atoms with Crippen LogP contribution in [0.4, 0.5) is 5.69 Å². The monoisotopic (exact) mass is 408 g/mol. The Balaban J connectivity index is 1.36. The van der Waals surface area contributed by atoms with Crippen LogP contribution < -0.4 is 4.90 Å². The van der Waals surface area contributed by atoms with Crippen LogP contribution in [0.15, 0.2) is 69.5 Å². The number of imide groups is 1. The van der Waals surface area contributed by atoms with E-state index in [-0.39, 0.29) is 18.3 Å². The molecule has 9 nitrogen and oxygen atoms in total. The lowest BCUT2D eigenvalue weighted by Gasteiger charge is -2.19. The molecule has 0 unspecified atom stereocenters. The number of anilines is 1. The second-order valence-electron chi connectivity index (χ2n) is 6.56. The summed E-state index contributed by atoms with van der Waals surface area (Å²) in [6.45, 7) is 0.0624. The second-order valence-corrected chi connectivity index (χ2v) is 6.99. The number of benzene rings is 2. The molecule has 0 N–H and O–H groups in total. The average Bonchev–Trinajstić information content (AvgIpc) is 3.42. The van der Waals surface area contributed by atoms with E-state index in [4.69, 9.17) is 16.1 Å². The topological polar surface area (TPSA) is 104 Å². The minimum atomic E-state index is -0.874. The number of fused-ring (bicyclic) bond motifs is 1. The van der Waals surface area contributed by atoms with E-state index in [9.17, 15) is 9.59 Å². The van der Waals surface area contributed by atoms with Gasteiger partial charge in [0.1, 0.15) is 6.54 Å². The van der Waals surface area contributed by atoms with Crippen LogP contribution in [0.2, 0.25) is 5.02 Å². The Morgan fingerprint density at radius 3 is 2.52 bits per heavy atom. The summed E-state index contributed by atoms with van der Waals surface area (Å²) in [5.41, 5.74) is 1.25. The highest BCUT2D eigenvalue weighted by Crippen LogP contribution is 2.32. The first-order valence-electron chi connectivity index (χ1n) is 8.80. The molecule has 3 aromatic rings. The van der Waals surface area contributed by atoms with Gasteiger partial charge in [-0.3, -0.25) is 14.6 Å². The zero-order valence-electron chi connectivity index (χ0n) is 14.8. The molecule has 2 amide bonds. The third-order valence-electron chi connectivity index (χ3n) is 4.74. The molecular weight excluding hydrogens is 396 g/mol. The fourth-order valence-corrected chi connectivity index (χ4v) is 3.49. The van der Waals surface area contributed by atoms with E-state index >= 15 is 0 Å². The van der Waals surface area contributed by atoms with Gasteiger partial charge in [-0.1, -0.05) is 40.2 Å². The van der Waals surface area contributed by atoms with Gasteiger partial charge in [0.15, 0.2) is 12.1 Å². The molecule has 3 heterocycles. The molecule has 2 aliphatic heterocycles. The van der Waals surface area contributed by atoms with Crippen LogP contribution in [0.5, 0.6) is 0 Å². The van der Waals surface area contributed by atoms with E-state index in [0.29, 0.717) is 16.5 Å². The van der Waals surface area contributed by atoms with Gasteiger partial charge in [0.05, 0.1) is 5.69 Å². The summed E-state index contributed by atoms with van der Waals surface area (Å²) in [4.78, 5) is 31.1. The molecule has 144 valence electrons. The lowest BCUT2D eigenvalue weighted by Crippen LogP contribution is -2.39. The number of carbonyl (C=O) groups excluding carboxylic acids is 2. The average molecular weight is 409 g/mol. The first kappa shape index (κ1) is 17.5. The number of halogens is 1. The third-order valence-corrected chi connectivity index (χ3v) is 4.99. The summed E-state index contributed by atoms with van der Waals surface area (Å²) >= 11 is 5.89. The van der Waals surface area contributed by atoms with Crippen molar-refractivity contribution in [3.63, 3.8) is 0 Å². The summed E-state index contributed by atoms with van der Waals surface area (Å²) < 4.78 is 5.29. The Morgan fingerprint density at radius 2 is 1.76 bits per heavy atom. The molecule has 0 bridgehead atoms. The standard InChI is InChI=1S/C19H13ClN6O3/c20-12-8-6-11(7-9-12)17-21-14(29-23-17)10-25-16-15(22-24-25)18(27)26(19(16)28)13-4-2-1-3-5-13/h1-9,15-16H,10H2/t15-,16-/m1/s1. The van der Waals surface area contributed by atoms with Gasteiger partial charge in [0.25, 0.3) is 11.8 Å². The smallest absolute Gasteiger partial charge is 0.263 e. The summed E-state index contributed by atoms with van der Waals surface area (Å²) in [6.07, 6.45) is 0. The van der Waals surface area contributed by atoms with Crippen molar-refractivity contribution in [2.75, 3.05) is 4.90 Å². The van der Waals surface area contributed by atoms with Gasteiger partial charge in [0.2, 0.25) is 11.7 Å². The first-order chi connectivity index (χ1) is 14.1. The Bertz CT molecular complexity index is 1110. The van der Waals surface area contributed by atoms with Crippen LogP contribution >= 0.6 is 11.6 Å². The molecule has 10 heteroatoms. The number of nitrogens with zero attached hydrogens (tertiary/aromatic N) is 6. The fraction of sp³-hybridized carbons (Fsp3) is 0.158. The van der Waals surface area contributed by atoms with Crippen LogP contribution in [-0.2, 0) is 16.1 Å². The molecule has 0 saturated carbocycles. The minimum Gasteiger partial charge on any atom is -0.337 e. The molecule has 29 heavy (non-hydrogen) atoms. The van der Waals surface area contributed by atoms with Crippen molar-refractivity contribution in [1.29, 1.82) is 0 Å². The molecule has 1 fully saturated rings. The molecule has 0 aliphatic carbocycles. The van der Waals surface area contributed by atoms with Crippen LogP contribution in [0.1, 0.15) is 5.89 Å². The van der Waals surface area contributed by atoms with Crippen molar-refractivity contribution in [2.24, 2.45) is 10.3 Å². The number of para-hydroxylation sites is 1. The Labute approximate surface area is 169 Å². The SMILES string of the molecule is O=C1[C@@H]2N=NN(Cc3nc(-c4ccc(Cl)cc4)no3)[C@H]2C(=O)N1c1ccccc1. The largest absolute Gasteiger partial charge is 0.337 e. The highest BCUT2D eigenvalue weighted by Gasteiger charge is 2.55. The van der Waals surface area contributed by atoms with Crippen molar-refractivity contribution < 1.29 is 14.1 Å². The van der Waals surface area contributed by atoms with E-state index in [1.54, 1.807) is 48.5 Å². The van der Waals surface area contributed by atoms with Gasteiger partial charge in [0, 0.05) is 10.6 Å². The van der Waals surface area contributed by atoms with Gasteiger partial charge >= 0.3 is 0 Å². The minimum absolute atomic E-state index is 0.0624. The van der Waals surface area contributed by atoms with Crippen LogP contribution in [0, 0.1) is 0 Å². The molecule has 1 saturated heterocycles. The predicted molar refractivity (Wildman–Crippen MR) is 102 cm³/mol. The summed E-state index contributed by atoms with van der Waals surface area (Å²) in [6, 6.07) is 14.1. The quantitative estimate of drug-likeness (QED) is 0.615. The zero-order chi connectivity index (χ0) is 20.0. The van der Waals surface area contributed by atoms with Crippen molar-refractivity contribution in [3.8, 4) is 11.4 Å². The molecule has 2 atom stereocenters. The number of carbonyl (C=O) groups is 2. The van der Waals surface area contributed by atoms with Gasteiger partial charge < -0.3 is 4.52 Å². The number of aromatic nitrogens is 2. The predicted octanol–water partition coefficient (Wildman–Crippen LogP) is 2.88. The first-order valence-corrected chi connectivity index (χ1v) is 9.18. The number of hydrogen-bond donors (Lipinski definition) is 0. The molecule has 1 aromatic heterocycles. The van der Waals surface area contributed by atoms with Crippen molar-refractivity contribution in [2.45, 2.75) is 18.6 Å². The molecule has 5 rings (SSSR count). The van der Waals surface area contributed by atoms with Crippen LogP contribution in [-0.4, -0.2) is 39.0 Å². The molecular formula is C19H13ClN6O3. The molecule has 2 aromatic carbocycles. The molecule has 0 spiro atoms. The van der Waals surface area contributed by atoms with Crippen molar-refractivity contribution in [3.05, 3.63) is 65.5 Å². The summed E-state index contributed by atoms with van der Waals surface area (Å²) in [7, 11) is 0. The molecule has 2 aliphatic rings. The van der Waals surface area contributed by atoms with E-state index in [0.717, 1.165) is 10.5 Å². The molecule has 0 radical (unpaired) electrons. The van der Waals surface area contributed by atoms with Gasteiger partial charge in [-0.15, -0.1) is 0 Å². The Kier molecular flexibility index (Phi) is 4.09. The third kappa shape index (κ3) is 2.95. The number of rotatable bonds is 4. The highest BCUT2D eigenvalue weighted by molar-refractivity contribution is 6.30. The van der Waals surface area contributed by atoms with E-state index < -0.39 is 18.0 Å². The normalized spacial score (nSPS) is 20.6. The van der Waals surface area contributed by atoms with Crippen molar-refractivity contribution in [1.82, 2.24) is 15.1 Å². The van der Waals surface area contributed by atoms with Gasteiger partial charge in [-0.2, -0.15) is 10.1 Å². The van der Waals surface area contributed by atoms with E-state index in [2.05, 4.69) is 20.5 Å². The summed E-state index contributed by atoms with van der Waals surface area (Å²) in [5.74, 6) is -0.129. The maximum atomic E-state index is 12.9. The number of hydrogen-bond acceptors (Lipinski definition) is 8. The number of amides is 2. The van der Waals surface area contributed by atoms with Gasteiger partial charge in [-0.25, -0.2) is 4.90 Å². The lowest BCUT2D eigenvalue weighted by molar-refractivity contribution is -0.123. The fourth-order valence-electron chi connectivity index (χ4n) is 3.36. The van der Waals surface area contributed by atoms with Gasteiger partial charge in [-0.05, 0) is 36.4 Å².